The first kappa shape index (κ1) is 61.3. The van der Waals surface area contributed by atoms with Crippen LogP contribution in [0.3, 0.4) is 0 Å². The molecule has 0 unspecified atom stereocenters. The Kier molecular flexibility index (Phi) is 18.8. The van der Waals surface area contributed by atoms with Gasteiger partial charge < -0.3 is 36.6 Å². The van der Waals surface area contributed by atoms with Crippen LogP contribution in [-0.4, -0.2) is 80.3 Å². The lowest BCUT2D eigenvalue weighted by Crippen LogP contribution is -2.06. The number of anilines is 2. The third-order valence-corrected chi connectivity index (χ3v) is 15.6. The Balaban J connectivity index is 1.18. The second kappa shape index (κ2) is 25.4. The predicted octanol–water partition coefficient (Wildman–Crippen LogP) is 11.7. The molecule has 0 saturated carbocycles. The highest BCUT2D eigenvalue weighted by Crippen LogP contribution is 2.51. The van der Waals surface area contributed by atoms with Crippen LogP contribution in [0.4, 0.5) is 56.9 Å². The summed E-state index contributed by atoms with van der Waals surface area (Å²) in [6, 6.07) is 18.0. The van der Waals surface area contributed by atoms with Crippen LogP contribution in [0.1, 0.15) is 5.56 Å². The van der Waals surface area contributed by atoms with Crippen LogP contribution in [0.25, 0.3) is 32.3 Å². The molecule has 0 aliphatic heterocycles. The lowest BCUT2D eigenvalue weighted by Gasteiger charge is -2.22. The fourth-order valence-corrected chi connectivity index (χ4v) is 11.0. The molecule has 0 atom stereocenters. The average Bonchev–Trinajstić information content (AvgIpc) is 2.16. The van der Waals surface area contributed by atoms with Crippen molar-refractivity contribution in [2.45, 2.75) is 36.0 Å². The fourth-order valence-electron chi connectivity index (χ4n) is 7.52. The van der Waals surface area contributed by atoms with Crippen molar-refractivity contribution in [3.63, 3.8) is 0 Å². The van der Waals surface area contributed by atoms with E-state index in [1.807, 2.05) is 0 Å². The number of hydrogen-bond acceptors (Lipinski definition) is 34. The molecule has 0 spiro atoms. The third-order valence-electron chi connectivity index (χ3n) is 11.1. The predicted molar refractivity (Wildman–Crippen MR) is 286 cm³/mol. The Bertz CT molecular complexity index is 4370. The number of fused-ring (bicyclic) bond motifs is 3. The zero-order valence-electron chi connectivity index (χ0n) is 40.2. The summed E-state index contributed by atoms with van der Waals surface area (Å²) in [5.41, 5.74) is 2.26. The molecule has 0 saturated heterocycles. The van der Waals surface area contributed by atoms with E-state index in [2.05, 4.69) is 69.0 Å². The van der Waals surface area contributed by atoms with Crippen molar-refractivity contribution >= 4 is 156 Å². The van der Waals surface area contributed by atoms with Gasteiger partial charge in [-0.05, 0) is 113 Å². The van der Waals surface area contributed by atoms with Crippen LogP contribution in [0.2, 0.25) is 0 Å². The van der Waals surface area contributed by atoms with Crippen molar-refractivity contribution in [3.8, 4) is 17.2 Å². The van der Waals surface area contributed by atoms with Gasteiger partial charge in [0.2, 0.25) is 0 Å². The van der Waals surface area contributed by atoms with Crippen LogP contribution < -0.4 is 11.0 Å². The second-order valence-corrected chi connectivity index (χ2v) is 22.4. The summed E-state index contributed by atoms with van der Waals surface area (Å²) in [5.74, 6) is -2.32. The minimum absolute atomic E-state index is 0.0195. The maximum absolute atomic E-state index is 12.9. The molecule has 0 radical (unpaired) electrons. The van der Waals surface area contributed by atoms with E-state index in [0.29, 0.717) is 12.0 Å². The van der Waals surface area contributed by atoms with Gasteiger partial charge in [-0.25, -0.2) is 15.8 Å². The smallest absolute Gasteiger partial charge is 0.296 e. The highest BCUT2D eigenvalue weighted by atomic mass is 32.2. The van der Waals surface area contributed by atoms with Gasteiger partial charge in [0.1, 0.15) is 48.8 Å². The summed E-state index contributed by atoms with van der Waals surface area (Å²) >= 11 is 0.783. The zero-order valence-corrected chi connectivity index (χ0v) is 45.1. The molecule has 0 bridgehead atoms. The molecule has 13 N–H and O–H groups in total. The van der Waals surface area contributed by atoms with Gasteiger partial charge in [-0.2, -0.15) is 35.5 Å². The van der Waals surface area contributed by atoms with Gasteiger partial charge in [0.05, 0.1) is 85.6 Å². The SMILES string of the molecule is Nc1c(N=Nc2ccc3c(O)c(N=Nc4ccc(N([O-])O)cc4SOOO)c(S(=O)(=O)O)cc3c2)c(S(=O)(=O)O)cc2cc(SOOO)c(N=Nc3ccc4c(O)c(N=Nc5ccc(CO)cc5S(=O)(=O)O)c(SOOO)cc4c3)c(O)c12. The average molecular weight is 1260 g/mol. The van der Waals surface area contributed by atoms with Crippen molar-refractivity contribution in [1.29, 1.82) is 0 Å². The number of nitrogens with two attached hydrogens (primary N) is 1. The van der Waals surface area contributed by atoms with Crippen LogP contribution >= 0.6 is 36.1 Å². The van der Waals surface area contributed by atoms with Crippen molar-refractivity contribution < 1.29 is 108 Å². The normalized spacial score (nSPS) is 12.7. The summed E-state index contributed by atoms with van der Waals surface area (Å²) in [6.07, 6.45) is 0. The largest absolute Gasteiger partial charge is 0.733 e. The van der Waals surface area contributed by atoms with Gasteiger partial charge in [0.25, 0.3) is 30.4 Å². The maximum Gasteiger partial charge on any atom is 0.296 e. The molecular weight excluding hydrogens is 1230 g/mol. The highest BCUT2D eigenvalue weighted by molar-refractivity contribution is 7.95. The highest BCUT2D eigenvalue weighted by Gasteiger charge is 2.27. The van der Waals surface area contributed by atoms with Crippen molar-refractivity contribution in [2.75, 3.05) is 11.0 Å². The number of hydrogen-bond donors (Lipinski definition) is 12. The summed E-state index contributed by atoms with van der Waals surface area (Å²) in [7, 11) is -15.4. The number of aromatic hydroxyl groups is 3. The monoisotopic (exact) mass is 1260 g/mol. The first-order valence-corrected chi connectivity index (χ1v) is 28.2. The van der Waals surface area contributed by atoms with E-state index in [-0.39, 0.29) is 105 Å². The number of aliphatic hydroxyl groups is 1. The molecule has 0 aromatic heterocycles. The van der Waals surface area contributed by atoms with E-state index < -0.39 is 103 Å². The van der Waals surface area contributed by atoms with Gasteiger partial charge >= 0.3 is 0 Å². The third kappa shape index (κ3) is 13.7. The Labute approximate surface area is 474 Å². The molecule has 434 valence electrons. The lowest BCUT2D eigenvalue weighted by molar-refractivity contribution is -0.432. The molecule has 0 amide bonds. The maximum atomic E-state index is 12.9. The molecule has 8 rings (SSSR count). The van der Waals surface area contributed by atoms with E-state index >= 15 is 0 Å². The van der Waals surface area contributed by atoms with Gasteiger partial charge in [-0.15, -0.1) is 43.7 Å². The summed E-state index contributed by atoms with van der Waals surface area (Å²) < 4.78 is 119. The second-order valence-electron chi connectivity index (χ2n) is 16.0. The molecule has 34 nitrogen and oxygen atoms in total. The Morgan fingerprint density at radius 3 is 1.51 bits per heavy atom. The van der Waals surface area contributed by atoms with Crippen LogP contribution in [0.15, 0.2) is 167 Å². The van der Waals surface area contributed by atoms with Crippen LogP contribution in [-0.2, 0) is 65.1 Å². The van der Waals surface area contributed by atoms with Crippen LogP contribution in [0.5, 0.6) is 17.2 Å². The molecule has 0 aliphatic carbocycles. The molecule has 40 heteroatoms. The number of aliphatic hydroxyl groups excluding tert-OH is 1. The fraction of sp³-hybridized carbons (Fsp3) is 0.0233. The molecule has 8 aromatic rings. The number of nitrogen functional groups attached to an aromatic ring is 1. The molecule has 83 heavy (non-hydrogen) atoms. The summed E-state index contributed by atoms with van der Waals surface area (Å²) in [6.45, 7) is -0.584. The summed E-state index contributed by atoms with van der Waals surface area (Å²) in [4.78, 5) is -3.24. The first-order valence-electron chi connectivity index (χ1n) is 21.7. The molecule has 0 heterocycles. The Morgan fingerprint density at radius 2 is 0.952 bits per heavy atom. The quantitative estimate of drug-likeness (QED) is 0.00749. The topological polar surface area (TPSA) is 532 Å². The number of azo groups is 4. The number of rotatable bonds is 22. The number of phenolic OH excluding ortho intramolecular Hbond substituents is 3. The first-order chi connectivity index (χ1) is 39.4. The van der Waals surface area contributed by atoms with Gasteiger partial charge in [-0.3, -0.25) is 18.9 Å². The van der Waals surface area contributed by atoms with Crippen LogP contribution in [0, 0.1) is 5.21 Å². The number of phenols is 3. The Hall–Kier alpha value is -7.76. The van der Waals surface area contributed by atoms with E-state index in [0.717, 1.165) is 54.6 Å². The standard InChI is InChI=1S/C43H31N10O24S6/c44-36-35-21(15-33(82(66,67)68)39(36)51-46-23-3-6-26-20(11-23)14-34(83(69,70)71)40(42(26)56)52-47-27-8-4-24(53(58)59)16-29(27)78-75-72-60)13-31(80-77-74-62)38(43(35)57)49-45-22-2-5-25-19(10-22)12-30(79-76-73-61)37(41(25)55)50-48-28-7-1-18(17-54)9-32(28)81(63,64)65/h1-16,54-58,60-62H,17,44H2,(H,63,64,65)(H,66,67,68)(H,69,70,71)/q-1. The minimum Gasteiger partial charge on any atom is -0.733 e. The summed E-state index contributed by atoms with van der Waals surface area (Å²) in [5, 5.41) is 132. The van der Waals surface area contributed by atoms with E-state index in [9.17, 15) is 69.8 Å². The van der Waals surface area contributed by atoms with Gasteiger partial charge in [0.15, 0.2) is 17.2 Å². The van der Waals surface area contributed by atoms with Gasteiger partial charge in [-0.1, -0.05) is 21.2 Å². The molecule has 0 aliphatic rings. The van der Waals surface area contributed by atoms with Crippen molar-refractivity contribution in [2.24, 2.45) is 40.9 Å². The number of nitrogens with zero attached hydrogens (tertiary/aromatic N) is 9. The molecular formula is C43H31N10O24S6-. The minimum atomic E-state index is -5.27. The van der Waals surface area contributed by atoms with Gasteiger partial charge in [0, 0.05) is 10.8 Å². The van der Waals surface area contributed by atoms with E-state index in [1.165, 1.54) is 42.5 Å². The molecule has 8 aromatic carbocycles. The number of benzene rings is 8. The lowest BCUT2D eigenvalue weighted by atomic mass is 10.0. The zero-order chi connectivity index (χ0) is 60.1. The van der Waals surface area contributed by atoms with E-state index in [1.54, 1.807) is 0 Å². The van der Waals surface area contributed by atoms with Crippen molar-refractivity contribution in [3.05, 3.63) is 108 Å². The Morgan fingerprint density at radius 1 is 0.494 bits per heavy atom. The molecule has 0 fully saturated rings. The van der Waals surface area contributed by atoms with E-state index in [4.69, 9.17) is 21.5 Å². The van der Waals surface area contributed by atoms with Crippen molar-refractivity contribution in [1.82, 2.24) is 0 Å².